The number of nitrogens with zero attached hydrogens (tertiary/aromatic N) is 1. The van der Waals surface area contributed by atoms with E-state index in [9.17, 15) is 13.6 Å². The Morgan fingerprint density at radius 3 is 2.71 bits per heavy atom. The molecule has 1 heterocycles. The van der Waals surface area contributed by atoms with Gasteiger partial charge in [0.15, 0.2) is 6.29 Å². The summed E-state index contributed by atoms with van der Waals surface area (Å²) < 4.78 is 24.8. The van der Waals surface area contributed by atoms with E-state index in [1.165, 1.54) is 6.07 Å². The fourth-order valence-electron chi connectivity index (χ4n) is 0.991. The van der Waals surface area contributed by atoms with Gasteiger partial charge < -0.3 is 5.73 Å². The number of carbonyl (C=O) groups is 1. The third-order valence-corrected chi connectivity index (χ3v) is 1.96. The highest BCUT2D eigenvalue weighted by molar-refractivity contribution is 6.32. The Hall–Kier alpha value is -1.07. The lowest BCUT2D eigenvalue weighted by atomic mass is 10.2. The van der Waals surface area contributed by atoms with Crippen molar-refractivity contribution in [1.29, 1.82) is 0 Å². The summed E-state index contributed by atoms with van der Waals surface area (Å²) in [5.74, 6) is 0. The largest absolute Gasteiger partial charge is 0.326 e. The van der Waals surface area contributed by atoms with E-state index in [1.54, 1.807) is 0 Å². The first-order valence-electron chi connectivity index (χ1n) is 3.72. The molecule has 1 rings (SSSR count). The van der Waals surface area contributed by atoms with Crippen molar-refractivity contribution < 1.29 is 13.6 Å². The Morgan fingerprint density at radius 1 is 1.64 bits per heavy atom. The number of alkyl halides is 2. The first-order valence-corrected chi connectivity index (χ1v) is 4.10. The van der Waals surface area contributed by atoms with E-state index in [-0.39, 0.29) is 22.8 Å². The standard InChI is InChI=1S/C8H7ClF2N2O/c9-5-1-4(2-12)7(8(10)11)13-6(5)3-14/h1,3,8H,2,12H2. The summed E-state index contributed by atoms with van der Waals surface area (Å²) in [5.41, 5.74) is 4.69. The van der Waals surface area contributed by atoms with E-state index in [0.29, 0.717) is 6.29 Å². The highest BCUT2D eigenvalue weighted by Crippen LogP contribution is 2.24. The second kappa shape index (κ2) is 4.43. The van der Waals surface area contributed by atoms with Crippen molar-refractivity contribution in [3.8, 4) is 0 Å². The van der Waals surface area contributed by atoms with Gasteiger partial charge in [-0.05, 0) is 11.6 Å². The molecular formula is C8H7ClF2N2O. The molecule has 6 heteroatoms. The molecule has 0 aliphatic heterocycles. The summed E-state index contributed by atoms with van der Waals surface area (Å²) in [6.45, 7) is -0.0917. The van der Waals surface area contributed by atoms with Crippen LogP contribution in [0.1, 0.15) is 28.2 Å². The molecule has 14 heavy (non-hydrogen) atoms. The molecule has 1 aromatic rings. The molecule has 76 valence electrons. The molecule has 0 fully saturated rings. The van der Waals surface area contributed by atoms with Gasteiger partial charge in [-0.1, -0.05) is 11.6 Å². The summed E-state index contributed by atoms with van der Waals surface area (Å²) in [6, 6.07) is 1.24. The smallest absolute Gasteiger partial charge is 0.280 e. The predicted octanol–water partition coefficient (Wildman–Crippen LogP) is 1.94. The van der Waals surface area contributed by atoms with Crippen molar-refractivity contribution in [1.82, 2.24) is 4.98 Å². The fraction of sp³-hybridized carbons (Fsp3) is 0.250. The Bertz CT molecular complexity index is 357. The van der Waals surface area contributed by atoms with Gasteiger partial charge in [0.25, 0.3) is 6.43 Å². The molecule has 0 saturated heterocycles. The van der Waals surface area contributed by atoms with Crippen LogP contribution in [0.3, 0.4) is 0 Å². The van der Waals surface area contributed by atoms with Gasteiger partial charge >= 0.3 is 0 Å². The predicted molar refractivity (Wildman–Crippen MR) is 47.5 cm³/mol. The number of hydrogen-bond donors (Lipinski definition) is 1. The van der Waals surface area contributed by atoms with Gasteiger partial charge in [0.05, 0.1) is 5.02 Å². The number of rotatable bonds is 3. The number of halogens is 3. The monoisotopic (exact) mass is 220 g/mol. The molecule has 0 saturated carbocycles. The maximum Gasteiger partial charge on any atom is 0.280 e. The molecule has 0 amide bonds. The van der Waals surface area contributed by atoms with Crippen LogP contribution >= 0.6 is 11.6 Å². The minimum atomic E-state index is -2.76. The average molecular weight is 221 g/mol. The van der Waals surface area contributed by atoms with Crippen LogP contribution in [0.4, 0.5) is 8.78 Å². The van der Waals surface area contributed by atoms with Crippen molar-refractivity contribution in [2.75, 3.05) is 0 Å². The van der Waals surface area contributed by atoms with E-state index >= 15 is 0 Å². The molecule has 0 unspecified atom stereocenters. The maximum atomic E-state index is 12.4. The molecule has 0 atom stereocenters. The van der Waals surface area contributed by atoms with Gasteiger partial charge in [0, 0.05) is 6.54 Å². The molecule has 0 bridgehead atoms. The molecule has 2 N–H and O–H groups in total. The van der Waals surface area contributed by atoms with Crippen LogP contribution in [0.15, 0.2) is 6.07 Å². The molecule has 0 aliphatic carbocycles. The van der Waals surface area contributed by atoms with Gasteiger partial charge in [-0.25, -0.2) is 13.8 Å². The Kier molecular flexibility index (Phi) is 3.49. The van der Waals surface area contributed by atoms with Crippen LogP contribution < -0.4 is 5.73 Å². The molecule has 0 aliphatic rings. The van der Waals surface area contributed by atoms with Crippen molar-refractivity contribution in [2.24, 2.45) is 5.73 Å². The number of hydrogen-bond acceptors (Lipinski definition) is 3. The molecule has 0 radical (unpaired) electrons. The van der Waals surface area contributed by atoms with Gasteiger partial charge in [0.1, 0.15) is 11.4 Å². The zero-order chi connectivity index (χ0) is 10.7. The number of aldehydes is 1. The first kappa shape index (κ1) is 11.0. The summed E-state index contributed by atoms with van der Waals surface area (Å²) in [4.78, 5) is 13.8. The minimum Gasteiger partial charge on any atom is -0.326 e. The molecule has 1 aromatic heterocycles. The Balaban J connectivity index is 3.32. The van der Waals surface area contributed by atoms with Gasteiger partial charge in [-0.3, -0.25) is 4.79 Å². The number of nitrogens with two attached hydrogens (primary N) is 1. The quantitative estimate of drug-likeness (QED) is 0.792. The van der Waals surface area contributed by atoms with Crippen molar-refractivity contribution in [3.05, 3.63) is 28.0 Å². The summed E-state index contributed by atoms with van der Waals surface area (Å²) in [7, 11) is 0. The summed E-state index contributed by atoms with van der Waals surface area (Å²) in [6.07, 6.45) is -2.43. The number of pyridine rings is 1. The zero-order valence-electron chi connectivity index (χ0n) is 7.01. The second-order valence-electron chi connectivity index (χ2n) is 2.52. The SMILES string of the molecule is NCc1cc(Cl)c(C=O)nc1C(F)F. The molecular weight excluding hydrogens is 214 g/mol. The van der Waals surface area contributed by atoms with E-state index < -0.39 is 12.1 Å². The van der Waals surface area contributed by atoms with Crippen LogP contribution in [0, 0.1) is 0 Å². The van der Waals surface area contributed by atoms with Crippen LogP contribution in [0.25, 0.3) is 0 Å². The Morgan fingerprint density at radius 2 is 2.29 bits per heavy atom. The van der Waals surface area contributed by atoms with Crippen molar-refractivity contribution in [3.63, 3.8) is 0 Å². The van der Waals surface area contributed by atoms with Gasteiger partial charge in [-0.2, -0.15) is 0 Å². The summed E-state index contributed by atoms with van der Waals surface area (Å²) >= 11 is 5.59. The third-order valence-electron chi connectivity index (χ3n) is 1.65. The minimum absolute atomic E-state index is 0.0323. The van der Waals surface area contributed by atoms with E-state index in [1.807, 2.05) is 0 Å². The lowest BCUT2D eigenvalue weighted by Crippen LogP contribution is -2.06. The second-order valence-corrected chi connectivity index (χ2v) is 2.93. The maximum absolute atomic E-state index is 12.4. The van der Waals surface area contributed by atoms with Crippen LogP contribution in [0.2, 0.25) is 5.02 Å². The number of carbonyl (C=O) groups excluding carboxylic acids is 1. The third kappa shape index (κ3) is 2.05. The van der Waals surface area contributed by atoms with Crippen LogP contribution in [-0.4, -0.2) is 11.3 Å². The van der Waals surface area contributed by atoms with E-state index in [4.69, 9.17) is 17.3 Å². The van der Waals surface area contributed by atoms with E-state index in [2.05, 4.69) is 4.98 Å². The van der Waals surface area contributed by atoms with Crippen LogP contribution in [-0.2, 0) is 6.54 Å². The molecule has 3 nitrogen and oxygen atoms in total. The lowest BCUT2D eigenvalue weighted by molar-refractivity contribution is 0.111. The molecule has 0 aromatic carbocycles. The topological polar surface area (TPSA) is 56.0 Å². The average Bonchev–Trinajstić information content (AvgIpc) is 2.16. The fourth-order valence-corrected chi connectivity index (χ4v) is 1.21. The zero-order valence-corrected chi connectivity index (χ0v) is 7.76. The van der Waals surface area contributed by atoms with E-state index in [0.717, 1.165) is 0 Å². The van der Waals surface area contributed by atoms with Gasteiger partial charge in [0.2, 0.25) is 0 Å². The normalized spacial score (nSPS) is 10.6. The van der Waals surface area contributed by atoms with Crippen molar-refractivity contribution in [2.45, 2.75) is 13.0 Å². The highest BCUT2D eigenvalue weighted by Gasteiger charge is 2.16. The van der Waals surface area contributed by atoms with Gasteiger partial charge in [-0.15, -0.1) is 0 Å². The van der Waals surface area contributed by atoms with Crippen molar-refractivity contribution >= 4 is 17.9 Å². The molecule has 0 spiro atoms. The Labute approximate surface area is 83.9 Å². The summed E-state index contributed by atoms with van der Waals surface area (Å²) in [5, 5.41) is 0.0323. The highest BCUT2D eigenvalue weighted by atomic mass is 35.5. The first-order chi connectivity index (χ1) is 6.60. The lowest BCUT2D eigenvalue weighted by Gasteiger charge is -2.07. The number of aromatic nitrogens is 1. The van der Waals surface area contributed by atoms with Crippen LogP contribution in [0.5, 0.6) is 0 Å².